The number of esters is 1. The molecular formula is C21H26N2O6. The topological polar surface area (TPSA) is 100 Å². The Kier molecular flexibility index (Phi) is 6.10. The van der Waals surface area contributed by atoms with Crippen LogP contribution in [0.25, 0.3) is 11.0 Å². The molecule has 1 saturated heterocycles. The van der Waals surface area contributed by atoms with Gasteiger partial charge in [0.1, 0.15) is 11.1 Å². The Hall–Kier alpha value is -3.03. The molecule has 8 nitrogen and oxygen atoms in total. The summed E-state index contributed by atoms with van der Waals surface area (Å²) < 4.78 is 10.4. The number of nitrogens with zero attached hydrogens (tertiary/aromatic N) is 2. The van der Waals surface area contributed by atoms with Crippen LogP contribution >= 0.6 is 0 Å². The highest BCUT2D eigenvalue weighted by molar-refractivity contribution is 5.91. The average Bonchev–Trinajstić information content (AvgIpc) is 3.12. The van der Waals surface area contributed by atoms with E-state index in [1.54, 1.807) is 25.0 Å². The number of amides is 2. The van der Waals surface area contributed by atoms with Crippen LogP contribution in [-0.4, -0.2) is 58.1 Å². The molecule has 0 bridgehead atoms. The molecule has 2 heterocycles. The van der Waals surface area contributed by atoms with Crippen LogP contribution in [0.5, 0.6) is 0 Å². The Labute approximate surface area is 169 Å². The van der Waals surface area contributed by atoms with Crippen LogP contribution in [0.2, 0.25) is 0 Å². The highest BCUT2D eigenvalue weighted by atomic mass is 16.5. The molecule has 0 radical (unpaired) electrons. The van der Waals surface area contributed by atoms with Gasteiger partial charge < -0.3 is 19.2 Å². The summed E-state index contributed by atoms with van der Waals surface area (Å²) in [6.45, 7) is 4.69. The van der Waals surface area contributed by atoms with Gasteiger partial charge >= 0.3 is 12.1 Å². The summed E-state index contributed by atoms with van der Waals surface area (Å²) in [5.41, 5.74) is 0.523. The molecule has 1 aliphatic rings. The van der Waals surface area contributed by atoms with E-state index in [0.29, 0.717) is 39.1 Å². The van der Waals surface area contributed by atoms with Crippen molar-refractivity contribution in [1.29, 1.82) is 0 Å². The second-order valence-electron chi connectivity index (χ2n) is 7.39. The quantitative estimate of drug-likeness (QED) is 0.681. The second-order valence-corrected chi connectivity index (χ2v) is 7.39. The van der Waals surface area contributed by atoms with Crippen LogP contribution in [-0.2, 0) is 20.9 Å². The van der Waals surface area contributed by atoms with Gasteiger partial charge in [0, 0.05) is 31.4 Å². The van der Waals surface area contributed by atoms with E-state index in [2.05, 4.69) is 0 Å². The number of carbonyl (C=O) groups is 3. The van der Waals surface area contributed by atoms with Gasteiger partial charge in [-0.15, -0.1) is 0 Å². The zero-order valence-corrected chi connectivity index (χ0v) is 16.7. The number of rotatable bonds is 8. The summed E-state index contributed by atoms with van der Waals surface area (Å²) in [6.07, 6.45) is 1.63. The number of ether oxygens (including phenoxy) is 1. The first-order valence-corrected chi connectivity index (χ1v) is 9.77. The molecule has 1 N–H and O–H groups in total. The smallest absolute Gasteiger partial charge is 0.408 e. The fourth-order valence-electron chi connectivity index (χ4n) is 3.65. The molecule has 1 aromatic heterocycles. The van der Waals surface area contributed by atoms with Crippen LogP contribution < -0.4 is 0 Å². The Morgan fingerprint density at radius 3 is 2.76 bits per heavy atom. The maximum atomic E-state index is 13.3. The molecular weight excluding hydrogens is 376 g/mol. The largest absolute Gasteiger partial charge is 0.466 e. The van der Waals surface area contributed by atoms with Gasteiger partial charge in [-0.3, -0.25) is 14.5 Å². The molecule has 3 rings (SSSR count). The summed E-state index contributed by atoms with van der Waals surface area (Å²) >= 11 is 0. The standard InChI is InChI=1S/C21H26N2O6/c1-3-28-18(24)5-4-10-22(19(25)21(2)9-11-23(21)20(26)27)14-15-6-7-16-8-12-29-17(16)13-15/h6-8,12-13H,3-5,9-11,14H2,1-2H3,(H,26,27). The van der Waals surface area contributed by atoms with Gasteiger partial charge in [0.05, 0.1) is 12.9 Å². The SMILES string of the molecule is CCOC(=O)CCCN(Cc1ccc2ccoc2c1)C(=O)C1(C)CCN1C(=O)O. The molecule has 0 aliphatic carbocycles. The van der Waals surface area contributed by atoms with Gasteiger partial charge in [-0.05, 0) is 44.4 Å². The minimum absolute atomic E-state index is 0.203. The van der Waals surface area contributed by atoms with Crippen LogP contribution in [0, 0.1) is 0 Å². The number of fused-ring (bicyclic) bond motifs is 1. The minimum Gasteiger partial charge on any atom is -0.466 e. The zero-order valence-electron chi connectivity index (χ0n) is 16.7. The maximum absolute atomic E-state index is 13.3. The van der Waals surface area contributed by atoms with Gasteiger partial charge in [-0.1, -0.05) is 12.1 Å². The summed E-state index contributed by atoms with van der Waals surface area (Å²) in [6, 6.07) is 7.58. The van der Waals surface area contributed by atoms with Crippen LogP contribution in [0.3, 0.4) is 0 Å². The first kappa shape index (κ1) is 20.7. The van der Waals surface area contributed by atoms with Gasteiger partial charge in [0.15, 0.2) is 0 Å². The van der Waals surface area contributed by atoms with E-state index < -0.39 is 11.6 Å². The first-order valence-electron chi connectivity index (χ1n) is 9.77. The molecule has 0 saturated carbocycles. The number of hydrogen-bond acceptors (Lipinski definition) is 5. The molecule has 1 unspecified atom stereocenters. The van der Waals surface area contributed by atoms with E-state index in [0.717, 1.165) is 16.5 Å². The summed E-state index contributed by atoms with van der Waals surface area (Å²) in [5, 5.41) is 10.3. The van der Waals surface area contributed by atoms with E-state index in [9.17, 15) is 19.5 Å². The lowest BCUT2D eigenvalue weighted by atomic mass is 9.85. The number of benzene rings is 1. The summed E-state index contributed by atoms with van der Waals surface area (Å²) in [7, 11) is 0. The Bertz CT molecular complexity index is 907. The second kappa shape index (κ2) is 8.55. The van der Waals surface area contributed by atoms with Crippen molar-refractivity contribution in [3.8, 4) is 0 Å². The van der Waals surface area contributed by atoms with Gasteiger partial charge in [0.25, 0.3) is 0 Å². The fourth-order valence-corrected chi connectivity index (χ4v) is 3.65. The minimum atomic E-state index is -1.10. The van der Waals surface area contributed by atoms with Crippen molar-refractivity contribution in [1.82, 2.24) is 9.80 Å². The Balaban J connectivity index is 1.76. The average molecular weight is 402 g/mol. The van der Waals surface area contributed by atoms with Crippen molar-refractivity contribution in [3.63, 3.8) is 0 Å². The molecule has 0 spiro atoms. The molecule has 1 fully saturated rings. The predicted molar refractivity (Wildman–Crippen MR) is 105 cm³/mol. The Morgan fingerprint density at radius 2 is 2.10 bits per heavy atom. The van der Waals surface area contributed by atoms with Crippen LogP contribution in [0.15, 0.2) is 34.9 Å². The van der Waals surface area contributed by atoms with Gasteiger partial charge in [0.2, 0.25) is 5.91 Å². The van der Waals surface area contributed by atoms with Crippen molar-refractivity contribution >= 4 is 28.9 Å². The highest BCUT2D eigenvalue weighted by Gasteiger charge is 2.51. The number of carbonyl (C=O) groups excluding carboxylic acids is 2. The monoisotopic (exact) mass is 402 g/mol. The molecule has 156 valence electrons. The lowest BCUT2D eigenvalue weighted by molar-refractivity contribution is -0.151. The van der Waals surface area contributed by atoms with Crippen molar-refractivity contribution in [3.05, 3.63) is 36.1 Å². The molecule has 1 atom stereocenters. The molecule has 2 amide bonds. The van der Waals surface area contributed by atoms with Gasteiger partial charge in [-0.2, -0.15) is 0 Å². The van der Waals surface area contributed by atoms with E-state index >= 15 is 0 Å². The zero-order chi connectivity index (χ0) is 21.0. The van der Waals surface area contributed by atoms with Crippen molar-refractivity contribution in [2.45, 2.75) is 45.2 Å². The third kappa shape index (κ3) is 4.36. The van der Waals surface area contributed by atoms with Crippen molar-refractivity contribution < 1.29 is 28.6 Å². The molecule has 29 heavy (non-hydrogen) atoms. The predicted octanol–water partition coefficient (Wildman–Crippen LogP) is 3.25. The van der Waals surface area contributed by atoms with E-state index in [1.807, 2.05) is 24.3 Å². The summed E-state index contributed by atoms with van der Waals surface area (Å²) in [4.78, 5) is 39.2. The van der Waals surface area contributed by atoms with Gasteiger partial charge in [-0.25, -0.2) is 4.79 Å². The molecule has 1 aromatic carbocycles. The van der Waals surface area contributed by atoms with E-state index in [4.69, 9.17) is 9.15 Å². The Morgan fingerprint density at radius 1 is 1.31 bits per heavy atom. The van der Waals surface area contributed by atoms with E-state index in [1.165, 1.54) is 4.90 Å². The fraction of sp³-hybridized carbons (Fsp3) is 0.476. The van der Waals surface area contributed by atoms with Crippen molar-refractivity contribution in [2.75, 3.05) is 19.7 Å². The van der Waals surface area contributed by atoms with Crippen LogP contribution in [0.1, 0.15) is 38.7 Å². The first-order chi connectivity index (χ1) is 13.8. The molecule has 2 aromatic rings. The van der Waals surface area contributed by atoms with Crippen LogP contribution in [0.4, 0.5) is 4.79 Å². The number of likely N-dealkylation sites (tertiary alicyclic amines) is 1. The number of furan rings is 1. The number of carboxylic acid groups (broad SMARTS) is 1. The lowest BCUT2D eigenvalue weighted by Crippen LogP contribution is -2.67. The summed E-state index contributed by atoms with van der Waals surface area (Å²) in [5.74, 6) is -0.562. The lowest BCUT2D eigenvalue weighted by Gasteiger charge is -2.49. The third-order valence-electron chi connectivity index (χ3n) is 5.41. The van der Waals surface area contributed by atoms with Crippen molar-refractivity contribution in [2.24, 2.45) is 0 Å². The molecule has 8 heteroatoms. The van der Waals surface area contributed by atoms with E-state index in [-0.39, 0.29) is 18.3 Å². The highest BCUT2D eigenvalue weighted by Crippen LogP contribution is 2.33. The molecule has 1 aliphatic heterocycles. The normalized spacial score (nSPS) is 18.3. The maximum Gasteiger partial charge on any atom is 0.408 e. The number of hydrogen-bond donors (Lipinski definition) is 1. The third-order valence-corrected chi connectivity index (χ3v) is 5.41.